The Morgan fingerprint density at radius 3 is 2.48 bits per heavy atom. The highest BCUT2D eigenvalue weighted by Crippen LogP contribution is 2.17. The van der Waals surface area contributed by atoms with Gasteiger partial charge in [0.2, 0.25) is 0 Å². The maximum atomic E-state index is 5.98. The van der Waals surface area contributed by atoms with Crippen LogP contribution in [0.2, 0.25) is 5.02 Å². The molecule has 3 rings (SSSR count). The number of anilines is 2. The van der Waals surface area contributed by atoms with E-state index in [0.29, 0.717) is 16.7 Å². The van der Waals surface area contributed by atoms with Gasteiger partial charge in [-0.25, -0.2) is 0 Å². The van der Waals surface area contributed by atoms with Crippen LogP contribution in [0.3, 0.4) is 0 Å². The van der Waals surface area contributed by atoms with Crippen LogP contribution >= 0.6 is 23.8 Å². The van der Waals surface area contributed by atoms with Crippen molar-refractivity contribution < 1.29 is 0 Å². The molecule has 0 amide bonds. The van der Waals surface area contributed by atoms with Gasteiger partial charge in [-0.15, -0.1) is 0 Å². The lowest BCUT2D eigenvalue weighted by molar-refractivity contribution is 0.313. The second kappa shape index (κ2) is 8.52. The number of nitrogens with one attached hydrogen (secondary N) is 2. The smallest absolute Gasteiger partial charge is 0.171 e. The number of likely N-dealkylation sites (N-methyl/N-ethyl adjacent to an activating group) is 1. The molecule has 1 aliphatic heterocycles. The minimum atomic E-state index is 0.588. The van der Waals surface area contributed by atoms with Crippen molar-refractivity contribution in [2.75, 3.05) is 43.4 Å². The maximum absolute atomic E-state index is 5.98. The Morgan fingerprint density at radius 1 is 1.08 bits per heavy atom. The molecule has 0 radical (unpaired) electrons. The zero-order chi connectivity index (χ0) is 17.6. The number of benzene rings is 2. The SMILES string of the molecule is CN1CCN(c2ccc(CNC(=S)Nc3cccc(Cl)c3)cc2)CC1. The minimum Gasteiger partial charge on any atom is -0.369 e. The second-order valence-electron chi connectivity index (χ2n) is 6.27. The van der Waals surface area contributed by atoms with Gasteiger partial charge in [0.25, 0.3) is 0 Å². The van der Waals surface area contributed by atoms with Gasteiger partial charge < -0.3 is 20.4 Å². The van der Waals surface area contributed by atoms with E-state index in [0.717, 1.165) is 31.9 Å². The molecule has 0 aromatic heterocycles. The van der Waals surface area contributed by atoms with Crippen molar-refractivity contribution in [1.29, 1.82) is 0 Å². The summed E-state index contributed by atoms with van der Waals surface area (Å²) < 4.78 is 0. The molecule has 0 atom stereocenters. The van der Waals surface area contributed by atoms with Gasteiger partial charge in [0.15, 0.2) is 5.11 Å². The zero-order valence-electron chi connectivity index (χ0n) is 14.3. The molecule has 25 heavy (non-hydrogen) atoms. The third kappa shape index (κ3) is 5.33. The van der Waals surface area contributed by atoms with E-state index in [2.05, 4.69) is 51.7 Å². The summed E-state index contributed by atoms with van der Waals surface area (Å²) in [7, 11) is 2.17. The summed E-state index contributed by atoms with van der Waals surface area (Å²) in [5, 5.41) is 7.65. The molecule has 1 heterocycles. The summed E-state index contributed by atoms with van der Waals surface area (Å²) in [6, 6.07) is 16.2. The van der Waals surface area contributed by atoms with Crippen LogP contribution in [0.5, 0.6) is 0 Å². The average Bonchev–Trinajstić information content (AvgIpc) is 2.61. The standard InChI is InChI=1S/C19H23ClN4S/c1-23-9-11-24(12-10-23)18-7-5-15(6-8-18)14-21-19(25)22-17-4-2-3-16(20)13-17/h2-8,13H,9-12,14H2,1H3,(H2,21,22,25). The Morgan fingerprint density at radius 2 is 1.80 bits per heavy atom. The van der Waals surface area contributed by atoms with Gasteiger partial charge in [-0.3, -0.25) is 0 Å². The van der Waals surface area contributed by atoms with Crippen LogP contribution in [-0.2, 0) is 6.54 Å². The van der Waals surface area contributed by atoms with Crippen LogP contribution in [-0.4, -0.2) is 43.2 Å². The lowest BCUT2D eigenvalue weighted by atomic mass is 10.2. The minimum absolute atomic E-state index is 0.588. The second-order valence-corrected chi connectivity index (χ2v) is 7.12. The van der Waals surface area contributed by atoms with E-state index >= 15 is 0 Å². The molecule has 0 unspecified atom stereocenters. The number of thiocarbonyl (C=S) groups is 1. The van der Waals surface area contributed by atoms with Crippen molar-refractivity contribution >= 4 is 40.3 Å². The summed E-state index contributed by atoms with van der Waals surface area (Å²) in [6.45, 7) is 5.10. The van der Waals surface area contributed by atoms with Gasteiger partial charge in [0.05, 0.1) is 0 Å². The molecule has 2 N–H and O–H groups in total. The van der Waals surface area contributed by atoms with Crippen molar-refractivity contribution in [1.82, 2.24) is 10.2 Å². The molecule has 4 nitrogen and oxygen atoms in total. The fourth-order valence-electron chi connectivity index (χ4n) is 2.81. The first-order chi connectivity index (χ1) is 12.1. The molecule has 1 fully saturated rings. The van der Waals surface area contributed by atoms with Crippen LogP contribution in [0.15, 0.2) is 48.5 Å². The fraction of sp³-hybridized carbons (Fsp3) is 0.316. The van der Waals surface area contributed by atoms with Crippen molar-refractivity contribution in [3.63, 3.8) is 0 Å². The molecule has 0 spiro atoms. The topological polar surface area (TPSA) is 30.5 Å². The Hall–Kier alpha value is -1.82. The maximum Gasteiger partial charge on any atom is 0.171 e. The molecule has 2 aromatic carbocycles. The van der Waals surface area contributed by atoms with Crippen molar-refractivity contribution in [2.45, 2.75) is 6.54 Å². The predicted octanol–water partition coefficient (Wildman–Crippen LogP) is 3.58. The normalized spacial score (nSPS) is 15.0. The first-order valence-electron chi connectivity index (χ1n) is 8.43. The lowest BCUT2D eigenvalue weighted by Gasteiger charge is -2.34. The highest BCUT2D eigenvalue weighted by Gasteiger charge is 2.13. The zero-order valence-corrected chi connectivity index (χ0v) is 15.9. The Balaban J connectivity index is 1.49. The Labute approximate surface area is 159 Å². The lowest BCUT2D eigenvalue weighted by Crippen LogP contribution is -2.44. The van der Waals surface area contributed by atoms with Crippen molar-refractivity contribution in [3.05, 3.63) is 59.1 Å². The number of rotatable bonds is 4. The summed E-state index contributed by atoms with van der Waals surface area (Å²) in [4.78, 5) is 4.80. The van der Waals surface area contributed by atoms with Crippen LogP contribution in [0.4, 0.5) is 11.4 Å². The van der Waals surface area contributed by atoms with E-state index in [1.807, 2.05) is 24.3 Å². The summed E-state index contributed by atoms with van der Waals surface area (Å²) in [5.74, 6) is 0. The Kier molecular flexibility index (Phi) is 6.13. The highest BCUT2D eigenvalue weighted by atomic mass is 35.5. The first-order valence-corrected chi connectivity index (χ1v) is 9.21. The largest absolute Gasteiger partial charge is 0.369 e. The van der Waals surface area contributed by atoms with Crippen LogP contribution in [0, 0.1) is 0 Å². The molecule has 6 heteroatoms. The van der Waals surface area contributed by atoms with E-state index in [9.17, 15) is 0 Å². The first kappa shape index (κ1) is 18.0. The number of hydrogen-bond acceptors (Lipinski definition) is 3. The molecule has 132 valence electrons. The summed E-state index contributed by atoms with van der Waals surface area (Å²) in [6.07, 6.45) is 0. The molecule has 0 aliphatic carbocycles. The van der Waals surface area contributed by atoms with Gasteiger partial charge in [-0.2, -0.15) is 0 Å². The van der Waals surface area contributed by atoms with Crippen LogP contribution in [0.1, 0.15) is 5.56 Å². The average molecular weight is 375 g/mol. The van der Waals surface area contributed by atoms with E-state index in [1.54, 1.807) is 0 Å². The molecule has 1 aliphatic rings. The number of hydrogen-bond donors (Lipinski definition) is 2. The monoisotopic (exact) mass is 374 g/mol. The third-order valence-corrected chi connectivity index (χ3v) is 4.82. The summed E-state index contributed by atoms with van der Waals surface area (Å²) >= 11 is 11.3. The number of piperazine rings is 1. The van der Waals surface area contributed by atoms with E-state index in [-0.39, 0.29) is 0 Å². The number of halogens is 1. The predicted molar refractivity (Wildman–Crippen MR) is 111 cm³/mol. The quantitative estimate of drug-likeness (QED) is 0.799. The third-order valence-electron chi connectivity index (χ3n) is 4.34. The highest BCUT2D eigenvalue weighted by molar-refractivity contribution is 7.80. The van der Waals surface area contributed by atoms with E-state index in [4.69, 9.17) is 23.8 Å². The molecule has 0 bridgehead atoms. The van der Waals surface area contributed by atoms with Gasteiger partial charge in [-0.1, -0.05) is 29.8 Å². The van der Waals surface area contributed by atoms with Gasteiger partial charge in [0.1, 0.15) is 0 Å². The van der Waals surface area contributed by atoms with Gasteiger partial charge in [0, 0.05) is 49.1 Å². The van der Waals surface area contributed by atoms with Crippen LogP contribution in [0.25, 0.3) is 0 Å². The Bertz CT molecular complexity index is 712. The molecular weight excluding hydrogens is 352 g/mol. The van der Waals surface area contributed by atoms with Gasteiger partial charge in [-0.05, 0) is 55.2 Å². The summed E-state index contributed by atoms with van der Waals surface area (Å²) in [5.41, 5.74) is 3.38. The van der Waals surface area contributed by atoms with Gasteiger partial charge >= 0.3 is 0 Å². The van der Waals surface area contributed by atoms with Crippen LogP contribution < -0.4 is 15.5 Å². The van der Waals surface area contributed by atoms with E-state index < -0.39 is 0 Å². The van der Waals surface area contributed by atoms with Crippen molar-refractivity contribution in [3.8, 4) is 0 Å². The van der Waals surface area contributed by atoms with Crippen molar-refractivity contribution in [2.24, 2.45) is 0 Å². The number of nitrogens with zero attached hydrogens (tertiary/aromatic N) is 2. The molecule has 1 saturated heterocycles. The molecule has 2 aromatic rings. The van der Waals surface area contributed by atoms with E-state index in [1.165, 1.54) is 11.3 Å². The molecule has 0 saturated carbocycles. The molecular formula is C19H23ClN4S. The fourth-order valence-corrected chi connectivity index (χ4v) is 3.19.